The molecule has 0 saturated heterocycles. The van der Waals surface area contributed by atoms with Gasteiger partial charge in [-0.15, -0.1) is 0 Å². The molecule has 3 rings (SSSR count). The van der Waals surface area contributed by atoms with E-state index in [4.69, 9.17) is 0 Å². The van der Waals surface area contributed by atoms with Gasteiger partial charge in [0.05, 0.1) is 23.4 Å². The van der Waals surface area contributed by atoms with E-state index in [9.17, 15) is 35.9 Å². The van der Waals surface area contributed by atoms with Gasteiger partial charge in [-0.2, -0.15) is 26.3 Å². The van der Waals surface area contributed by atoms with E-state index in [0.717, 1.165) is 36.4 Å². The van der Waals surface area contributed by atoms with Crippen LogP contribution in [0.1, 0.15) is 16.7 Å². The molecule has 148 valence electrons. The molecule has 0 saturated carbocycles. The Morgan fingerprint density at radius 2 is 1.43 bits per heavy atom. The van der Waals surface area contributed by atoms with E-state index in [-0.39, 0.29) is 17.8 Å². The largest absolute Gasteiger partial charge is 0.416 e. The number of nitrogens with one attached hydrogen (secondary N) is 1. The first-order valence-electron chi connectivity index (χ1n) is 7.72. The smallest absolute Gasteiger partial charge is 0.246 e. The molecular formula is C17H11F6N3O2. The van der Waals surface area contributed by atoms with Crippen LogP contribution >= 0.6 is 0 Å². The molecule has 0 amide bonds. The Bertz CT molecular complexity index is 1100. The Morgan fingerprint density at radius 3 is 2.00 bits per heavy atom. The van der Waals surface area contributed by atoms with Gasteiger partial charge < -0.3 is 0 Å². The lowest BCUT2D eigenvalue weighted by atomic mass is 10.1. The summed E-state index contributed by atoms with van der Waals surface area (Å²) in [6.07, 6.45) is -9.16. The molecule has 0 bridgehead atoms. The van der Waals surface area contributed by atoms with E-state index in [1.54, 1.807) is 0 Å². The number of H-pyrrole nitrogens is 1. The molecule has 0 aliphatic carbocycles. The number of rotatable bonds is 3. The van der Waals surface area contributed by atoms with Crippen LogP contribution in [-0.4, -0.2) is 14.3 Å². The van der Waals surface area contributed by atoms with Crippen LogP contribution < -0.4 is 11.4 Å². The summed E-state index contributed by atoms with van der Waals surface area (Å²) in [5.74, 6) is 0. The fourth-order valence-electron chi connectivity index (χ4n) is 2.53. The molecule has 3 aromatic rings. The summed E-state index contributed by atoms with van der Waals surface area (Å²) in [4.78, 5) is 24.4. The van der Waals surface area contributed by atoms with E-state index in [1.165, 1.54) is 6.07 Å². The van der Waals surface area contributed by atoms with Crippen LogP contribution in [0.15, 0.2) is 58.1 Å². The fraction of sp³-hybridized carbons (Fsp3) is 0.176. The molecule has 0 fully saturated rings. The van der Waals surface area contributed by atoms with E-state index >= 15 is 0 Å². The molecular weight excluding hydrogens is 392 g/mol. The van der Waals surface area contributed by atoms with E-state index in [1.807, 2.05) is 0 Å². The number of nitrogens with zero attached hydrogens (tertiary/aromatic N) is 2. The maximum absolute atomic E-state index is 12.8. The van der Waals surface area contributed by atoms with E-state index < -0.39 is 34.9 Å². The highest BCUT2D eigenvalue weighted by Crippen LogP contribution is 2.30. The third-order valence-electron chi connectivity index (χ3n) is 3.93. The summed E-state index contributed by atoms with van der Waals surface area (Å²) in [5.41, 5.74) is -3.73. The Hall–Kier alpha value is -3.24. The quantitative estimate of drug-likeness (QED) is 0.682. The molecule has 2 aromatic carbocycles. The maximum atomic E-state index is 12.8. The van der Waals surface area contributed by atoms with Crippen molar-refractivity contribution < 1.29 is 26.3 Å². The molecule has 1 N–H and O–H groups in total. The zero-order valence-electron chi connectivity index (χ0n) is 13.8. The molecule has 0 atom stereocenters. The molecule has 0 radical (unpaired) electrons. The van der Waals surface area contributed by atoms with Gasteiger partial charge >= 0.3 is 23.7 Å². The number of benzene rings is 2. The van der Waals surface area contributed by atoms with Gasteiger partial charge in [0.2, 0.25) is 0 Å². The second-order valence-electron chi connectivity index (χ2n) is 5.86. The van der Waals surface area contributed by atoms with Crippen LogP contribution in [0.2, 0.25) is 0 Å². The average molecular weight is 403 g/mol. The van der Waals surface area contributed by atoms with Crippen molar-refractivity contribution in [1.29, 1.82) is 0 Å². The van der Waals surface area contributed by atoms with Gasteiger partial charge in [0.15, 0.2) is 0 Å². The van der Waals surface area contributed by atoms with E-state index in [0.29, 0.717) is 15.3 Å². The second kappa shape index (κ2) is 6.73. The zero-order valence-corrected chi connectivity index (χ0v) is 13.8. The van der Waals surface area contributed by atoms with Gasteiger partial charge in [-0.1, -0.05) is 18.2 Å². The monoisotopic (exact) mass is 403 g/mol. The maximum Gasteiger partial charge on any atom is 0.416 e. The van der Waals surface area contributed by atoms with Crippen LogP contribution in [0.3, 0.4) is 0 Å². The minimum Gasteiger partial charge on any atom is -0.246 e. The third-order valence-corrected chi connectivity index (χ3v) is 3.93. The summed E-state index contributed by atoms with van der Waals surface area (Å²) in [6, 6.07) is 7.61. The van der Waals surface area contributed by atoms with Crippen molar-refractivity contribution in [3.63, 3.8) is 0 Å². The van der Waals surface area contributed by atoms with Crippen LogP contribution in [-0.2, 0) is 18.9 Å². The summed E-state index contributed by atoms with van der Waals surface area (Å²) in [5, 5.41) is 2.13. The van der Waals surface area contributed by atoms with E-state index in [2.05, 4.69) is 5.10 Å². The Balaban J connectivity index is 1.95. The predicted molar refractivity (Wildman–Crippen MR) is 86.2 cm³/mol. The Morgan fingerprint density at radius 1 is 0.821 bits per heavy atom. The lowest BCUT2D eigenvalue weighted by Gasteiger charge is -2.08. The molecule has 11 heteroatoms. The Labute approximate surface area is 152 Å². The first-order valence-corrected chi connectivity index (χ1v) is 7.72. The second-order valence-corrected chi connectivity index (χ2v) is 5.86. The predicted octanol–water partition coefficient (Wildman–Crippen LogP) is 3.41. The molecule has 0 aliphatic heterocycles. The number of hydrogen-bond acceptors (Lipinski definition) is 2. The molecule has 0 aliphatic rings. The van der Waals surface area contributed by atoms with Crippen LogP contribution in [0.5, 0.6) is 0 Å². The highest BCUT2D eigenvalue weighted by Gasteiger charge is 2.31. The molecule has 1 aromatic heterocycles. The van der Waals surface area contributed by atoms with Gasteiger partial charge in [-0.25, -0.2) is 23.9 Å². The molecule has 0 unspecified atom stereocenters. The summed E-state index contributed by atoms with van der Waals surface area (Å²) in [6.45, 7) is -0.349. The molecule has 0 spiro atoms. The number of halogens is 6. The van der Waals surface area contributed by atoms with Crippen LogP contribution in [0.25, 0.3) is 5.69 Å². The highest BCUT2D eigenvalue weighted by molar-refractivity contribution is 5.36. The third kappa shape index (κ3) is 3.87. The lowest BCUT2D eigenvalue weighted by molar-refractivity contribution is -0.138. The summed E-state index contributed by atoms with van der Waals surface area (Å²) < 4.78 is 77.6. The highest BCUT2D eigenvalue weighted by atomic mass is 19.4. The van der Waals surface area contributed by atoms with Crippen molar-refractivity contribution in [1.82, 2.24) is 14.3 Å². The number of aromatic nitrogens is 3. The van der Waals surface area contributed by atoms with Gasteiger partial charge in [-0.05, 0) is 35.9 Å². The van der Waals surface area contributed by atoms with Crippen molar-refractivity contribution in [2.45, 2.75) is 18.9 Å². The first kappa shape index (κ1) is 19.5. The van der Waals surface area contributed by atoms with Gasteiger partial charge in [-0.3, -0.25) is 0 Å². The normalized spacial score (nSPS) is 12.4. The number of hydrogen-bond donors (Lipinski definition) is 1. The van der Waals surface area contributed by atoms with Crippen molar-refractivity contribution in [2.24, 2.45) is 0 Å². The van der Waals surface area contributed by atoms with Crippen molar-refractivity contribution in [3.05, 3.63) is 86.2 Å². The zero-order chi connectivity index (χ0) is 20.7. The minimum atomic E-state index is -4.64. The fourth-order valence-corrected chi connectivity index (χ4v) is 2.53. The Kier molecular flexibility index (Phi) is 4.69. The van der Waals surface area contributed by atoms with Gasteiger partial charge in [0, 0.05) is 0 Å². The van der Waals surface area contributed by atoms with Crippen molar-refractivity contribution >= 4 is 0 Å². The minimum absolute atomic E-state index is 0.205. The summed E-state index contributed by atoms with van der Waals surface area (Å²) in [7, 11) is 0. The first-order chi connectivity index (χ1) is 13.0. The van der Waals surface area contributed by atoms with Crippen LogP contribution in [0.4, 0.5) is 26.3 Å². The molecule has 5 nitrogen and oxygen atoms in total. The van der Waals surface area contributed by atoms with Gasteiger partial charge in [0.1, 0.15) is 0 Å². The standard InChI is InChI=1S/C17H11F6N3O2/c18-16(19,20)11-6-4-10(5-7-11)9-25-14(27)24-26(15(25)28)13-3-1-2-12(8-13)17(21,22)23/h1-8H,9H2,(H,24,27). The topological polar surface area (TPSA) is 59.8 Å². The molecule has 28 heavy (non-hydrogen) atoms. The van der Waals surface area contributed by atoms with Crippen molar-refractivity contribution in [2.75, 3.05) is 0 Å². The lowest BCUT2D eigenvalue weighted by Crippen LogP contribution is -2.29. The average Bonchev–Trinajstić information content (AvgIpc) is 2.89. The SMILES string of the molecule is O=c1[nH]n(-c2cccc(C(F)(F)F)c2)c(=O)n1Cc1ccc(C(F)(F)F)cc1. The van der Waals surface area contributed by atoms with Crippen LogP contribution in [0, 0.1) is 0 Å². The molecule has 1 heterocycles. The van der Waals surface area contributed by atoms with Crippen molar-refractivity contribution in [3.8, 4) is 5.69 Å². The van der Waals surface area contributed by atoms with Gasteiger partial charge in [0.25, 0.3) is 0 Å². The number of aromatic amines is 1. The number of alkyl halides is 6. The summed E-state index contributed by atoms with van der Waals surface area (Å²) >= 11 is 0.